The smallest absolute Gasteiger partial charge is 0.341 e. The van der Waals surface area contributed by atoms with Crippen molar-refractivity contribution in [1.82, 2.24) is 4.98 Å². The maximum absolute atomic E-state index is 13.1. The number of hydrogen-bond acceptors (Lipinski definition) is 6. The summed E-state index contributed by atoms with van der Waals surface area (Å²) in [4.78, 5) is 28.5. The molecule has 0 fully saturated rings. The first kappa shape index (κ1) is 25.7. The van der Waals surface area contributed by atoms with Crippen molar-refractivity contribution in [2.75, 3.05) is 17.2 Å². The highest BCUT2D eigenvalue weighted by Gasteiger charge is 2.16. The second-order valence-corrected chi connectivity index (χ2v) is 8.55. The summed E-state index contributed by atoms with van der Waals surface area (Å²) in [7, 11) is 0. The van der Waals surface area contributed by atoms with E-state index < -0.39 is 12.6 Å². The molecule has 5 N–H and O–H groups in total. The Bertz CT molecular complexity index is 1400. The molecular weight excluding hydrogens is 492 g/mol. The molecule has 4 aromatic rings. The number of carbonyl (C=O) groups excluding carboxylic acids is 1. The number of anilines is 2. The summed E-state index contributed by atoms with van der Waals surface area (Å²) in [6.07, 6.45) is 3.34. The van der Waals surface area contributed by atoms with Crippen LogP contribution in [-0.2, 0) is 17.9 Å². The molecule has 0 spiro atoms. The lowest BCUT2D eigenvalue weighted by Crippen LogP contribution is -2.16. The molecule has 37 heavy (non-hydrogen) atoms. The van der Waals surface area contributed by atoms with Crippen molar-refractivity contribution >= 4 is 34.9 Å². The van der Waals surface area contributed by atoms with Crippen molar-refractivity contribution in [3.63, 3.8) is 0 Å². The number of nitrogens with two attached hydrogens (primary N) is 1. The van der Waals surface area contributed by atoms with Crippen LogP contribution >= 0.6 is 11.6 Å². The van der Waals surface area contributed by atoms with Gasteiger partial charge in [0.25, 0.3) is 5.91 Å². The number of aliphatic carboxylic acids is 1. The number of rotatable bonds is 10. The molecule has 0 radical (unpaired) electrons. The topological polar surface area (TPSA) is 127 Å². The quantitative estimate of drug-likeness (QED) is 0.228. The predicted octanol–water partition coefficient (Wildman–Crippen LogP) is 5.19. The fourth-order valence-electron chi connectivity index (χ4n) is 3.75. The van der Waals surface area contributed by atoms with Gasteiger partial charge >= 0.3 is 5.97 Å². The zero-order valence-electron chi connectivity index (χ0n) is 19.8. The Morgan fingerprint density at radius 1 is 1.03 bits per heavy atom. The minimum Gasteiger partial charge on any atom is -0.481 e. The van der Waals surface area contributed by atoms with Gasteiger partial charge < -0.3 is 26.2 Å². The fourth-order valence-corrected chi connectivity index (χ4v) is 3.92. The van der Waals surface area contributed by atoms with Gasteiger partial charge in [-0.05, 0) is 42.0 Å². The highest BCUT2D eigenvalue weighted by Crippen LogP contribution is 2.34. The molecule has 0 aliphatic heterocycles. The molecule has 0 saturated heterocycles. The van der Waals surface area contributed by atoms with Gasteiger partial charge in [-0.15, -0.1) is 0 Å². The van der Waals surface area contributed by atoms with Crippen LogP contribution in [0.1, 0.15) is 21.5 Å². The standard InChI is InChI=1S/C28H25ClN4O4/c29-21-8-11-25(24(13-21)28(36)33-22-9-6-18(14-30)7-10-22)32-16-20-3-1-5-23(19-4-2-12-31-15-19)27(20)37-17-26(34)35/h1-13,15,32H,14,16-17,30H2,(H,33,36)(H,34,35). The summed E-state index contributed by atoms with van der Waals surface area (Å²) in [6.45, 7) is 0.175. The molecule has 0 saturated carbocycles. The highest BCUT2D eigenvalue weighted by molar-refractivity contribution is 6.31. The van der Waals surface area contributed by atoms with E-state index in [0.717, 1.165) is 11.1 Å². The van der Waals surface area contributed by atoms with Crippen LogP contribution < -0.4 is 21.1 Å². The Hall–Kier alpha value is -4.40. The molecular formula is C28H25ClN4O4. The van der Waals surface area contributed by atoms with Gasteiger partial charge in [0.1, 0.15) is 5.75 Å². The van der Waals surface area contributed by atoms with E-state index in [1.165, 1.54) is 0 Å². The number of benzene rings is 3. The van der Waals surface area contributed by atoms with Gasteiger partial charge in [0, 0.05) is 58.6 Å². The number of aromatic nitrogens is 1. The van der Waals surface area contributed by atoms with Crippen LogP contribution in [0, 0.1) is 0 Å². The minimum absolute atomic E-state index is 0.260. The van der Waals surface area contributed by atoms with Crippen molar-refractivity contribution in [3.8, 4) is 16.9 Å². The van der Waals surface area contributed by atoms with Gasteiger partial charge in [0.15, 0.2) is 6.61 Å². The van der Waals surface area contributed by atoms with E-state index in [9.17, 15) is 14.7 Å². The number of carbonyl (C=O) groups is 2. The molecule has 9 heteroatoms. The summed E-state index contributed by atoms with van der Waals surface area (Å²) >= 11 is 6.20. The lowest BCUT2D eigenvalue weighted by Gasteiger charge is -2.17. The SMILES string of the molecule is NCc1ccc(NC(=O)c2cc(Cl)ccc2NCc2cccc(-c3cccnc3)c2OCC(=O)O)cc1. The first-order valence-electron chi connectivity index (χ1n) is 11.4. The maximum atomic E-state index is 13.1. The first-order chi connectivity index (χ1) is 17.9. The third-order valence-corrected chi connectivity index (χ3v) is 5.79. The number of nitrogens with zero attached hydrogens (tertiary/aromatic N) is 1. The first-order valence-corrected chi connectivity index (χ1v) is 11.8. The van der Waals surface area contributed by atoms with Crippen LogP contribution in [0.15, 0.2) is 85.2 Å². The molecule has 0 aliphatic carbocycles. The largest absolute Gasteiger partial charge is 0.481 e. The minimum atomic E-state index is -1.09. The van der Waals surface area contributed by atoms with E-state index in [4.69, 9.17) is 22.1 Å². The van der Waals surface area contributed by atoms with Crippen molar-refractivity contribution in [2.24, 2.45) is 5.73 Å². The van der Waals surface area contributed by atoms with Crippen LogP contribution in [-0.4, -0.2) is 28.6 Å². The van der Waals surface area contributed by atoms with Crippen LogP contribution in [0.3, 0.4) is 0 Å². The average Bonchev–Trinajstić information content (AvgIpc) is 2.92. The summed E-state index contributed by atoms with van der Waals surface area (Å²) in [5.74, 6) is -1.00. The molecule has 1 heterocycles. The van der Waals surface area contributed by atoms with Crippen LogP contribution in [0.4, 0.5) is 11.4 Å². The number of para-hydroxylation sites is 1. The molecule has 8 nitrogen and oxygen atoms in total. The molecule has 188 valence electrons. The zero-order valence-corrected chi connectivity index (χ0v) is 20.5. The number of halogens is 1. The average molecular weight is 517 g/mol. The third kappa shape index (κ3) is 6.63. The van der Waals surface area contributed by atoms with Crippen molar-refractivity contribution in [2.45, 2.75) is 13.1 Å². The molecule has 0 atom stereocenters. The monoisotopic (exact) mass is 516 g/mol. The van der Waals surface area contributed by atoms with E-state index in [2.05, 4.69) is 15.6 Å². The highest BCUT2D eigenvalue weighted by atomic mass is 35.5. The molecule has 0 unspecified atom stereocenters. The van der Waals surface area contributed by atoms with Gasteiger partial charge in [0.2, 0.25) is 0 Å². The Balaban J connectivity index is 1.60. The Morgan fingerprint density at radius 3 is 2.54 bits per heavy atom. The van der Waals surface area contributed by atoms with E-state index in [0.29, 0.717) is 45.4 Å². The Labute approximate surface area is 219 Å². The zero-order chi connectivity index (χ0) is 26.2. The summed E-state index contributed by atoms with van der Waals surface area (Å²) in [5, 5.41) is 15.8. The van der Waals surface area contributed by atoms with Gasteiger partial charge in [-0.25, -0.2) is 4.79 Å². The number of hydrogen-bond donors (Lipinski definition) is 4. The van der Waals surface area contributed by atoms with E-state index >= 15 is 0 Å². The lowest BCUT2D eigenvalue weighted by molar-refractivity contribution is -0.139. The molecule has 3 aromatic carbocycles. The number of carboxylic acid groups (broad SMARTS) is 1. The van der Waals surface area contributed by atoms with Gasteiger partial charge in [-0.2, -0.15) is 0 Å². The van der Waals surface area contributed by atoms with Crippen molar-refractivity contribution in [1.29, 1.82) is 0 Å². The van der Waals surface area contributed by atoms with Crippen LogP contribution in [0.2, 0.25) is 5.02 Å². The van der Waals surface area contributed by atoms with Crippen LogP contribution in [0.25, 0.3) is 11.1 Å². The second kappa shape index (κ2) is 12.0. The van der Waals surface area contributed by atoms with E-state index in [-0.39, 0.29) is 12.5 Å². The van der Waals surface area contributed by atoms with E-state index in [1.54, 1.807) is 48.8 Å². The second-order valence-electron chi connectivity index (χ2n) is 8.12. The molecule has 0 aliphatic rings. The summed E-state index contributed by atoms with van der Waals surface area (Å²) in [6, 6.07) is 21.4. The molecule has 0 bridgehead atoms. The van der Waals surface area contributed by atoms with Crippen molar-refractivity contribution in [3.05, 3.63) is 107 Å². The number of pyridine rings is 1. The van der Waals surface area contributed by atoms with Gasteiger partial charge in [-0.3, -0.25) is 9.78 Å². The predicted molar refractivity (Wildman–Crippen MR) is 144 cm³/mol. The maximum Gasteiger partial charge on any atom is 0.341 e. The molecule has 4 rings (SSSR count). The number of ether oxygens (including phenoxy) is 1. The third-order valence-electron chi connectivity index (χ3n) is 5.55. The Morgan fingerprint density at radius 2 is 1.84 bits per heavy atom. The molecule has 1 amide bonds. The summed E-state index contributed by atoms with van der Waals surface area (Å²) < 4.78 is 5.69. The molecule has 1 aromatic heterocycles. The number of nitrogens with one attached hydrogen (secondary N) is 2. The lowest BCUT2D eigenvalue weighted by atomic mass is 10.0. The Kier molecular flexibility index (Phi) is 8.35. The number of amides is 1. The van der Waals surface area contributed by atoms with Gasteiger partial charge in [-0.1, -0.05) is 48.0 Å². The van der Waals surface area contributed by atoms with Crippen molar-refractivity contribution < 1.29 is 19.4 Å². The van der Waals surface area contributed by atoms with Gasteiger partial charge in [0.05, 0.1) is 5.56 Å². The number of carboxylic acids is 1. The van der Waals surface area contributed by atoms with E-state index in [1.807, 2.05) is 36.4 Å². The summed E-state index contributed by atoms with van der Waals surface area (Å²) in [5.41, 5.74) is 10.3. The fraction of sp³-hybridized carbons (Fsp3) is 0.107. The normalized spacial score (nSPS) is 10.5. The van der Waals surface area contributed by atoms with Crippen LogP contribution in [0.5, 0.6) is 5.75 Å².